The van der Waals surface area contributed by atoms with Crippen LogP contribution in [-0.2, 0) is 0 Å². The Morgan fingerprint density at radius 3 is 2.34 bits per heavy atom. The van der Waals surface area contributed by atoms with E-state index in [-0.39, 0.29) is 5.91 Å². The SMILES string of the molecule is Cc1cc(C(=O)N2CCN(c3ccc(OCCCN4CCCCC4)cc3)CC2)ccc1Cl. The summed E-state index contributed by atoms with van der Waals surface area (Å²) in [6.45, 7) is 9.41. The van der Waals surface area contributed by atoms with Crippen LogP contribution in [0.15, 0.2) is 42.5 Å². The van der Waals surface area contributed by atoms with Crippen molar-refractivity contribution in [2.45, 2.75) is 32.6 Å². The molecule has 0 atom stereocenters. The average Bonchev–Trinajstić information content (AvgIpc) is 2.84. The topological polar surface area (TPSA) is 36.0 Å². The maximum absolute atomic E-state index is 12.8. The molecule has 0 aromatic heterocycles. The molecule has 2 fully saturated rings. The first-order valence-electron chi connectivity index (χ1n) is 11.9. The Hall–Kier alpha value is -2.24. The summed E-state index contributed by atoms with van der Waals surface area (Å²) in [6.07, 6.45) is 5.13. The van der Waals surface area contributed by atoms with E-state index in [0.717, 1.165) is 57.1 Å². The normalized spacial score (nSPS) is 17.4. The number of hydrogen-bond acceptors (Lipinski definition) is 4. The van der Waals surface area contributed by atoms with E-state index in [2.05, 4.69) is 34.1 Å². The van der Waals surface area contributed by atoms with Crippen LogP contribution < -0.4 is 9.64 Å². The highest BCUT2D eigenvalue weighted by Gasteiger charge is 2.22. The number of benzene rings is 2. The lowest BCUT2D eigenvalue weighted by atomic mass is 10.1. The standard InChI is InChI=1S/C26H34ClN3O2/c1-21-20-22(6-11-25(21)27)26(31)30-17-15-29(16-18-30)23-7-9-24(10-8-23)32-19-5-14-28-12-3-2-4-13-28/h6-11,20H,2-5,12-19H2,1H3. The zero-order valence-corrected chi connectivity index (χ0v) is 19.8. The quantitative estimate of drug-likeness (QED) is 0.558. The highest BCUT2D eigenvalue weighted by atomic mass is 35.5. The molecule has 32 heavy (non-hydrogen) atoms. The van der Waals surface area contributed by atoms with Gasteiger partial charge in [-0.3, -0.25) is 4.79 Å². The van der Waals surface area contributed by atoms with Crippen LogP contribution in [0, 0.1) is 6.92 Å². The fraction of sp³-hybridized carbons (Fsp3) is 0.500. The maximum Gasteiger partial charge on any atom is 0.253 e. The molecule has 0 bridgehead atoms. The second-order valence-electron chi connectivity index (χ2n) is 8.84. The lowest BCUT2D eigenvalue weighted by Crippen LogP contribution is -2.48. The molecule has 0 unspecified atom stereocenters. The van der Waals surface area contributed by atoms with Gasteiger partial charge in [0.25, 0.3) is 5.91 Å². The molecule has 0 N–H and O–H groups in total. The zero-order valence-electron chi connectivity index (χ0n) is 19.1. The molecule has 2 saturated heterocycles. The van der Waals surface area contributed by atoms with Crippen LogP contribution in [0.25, 0.3) is 0 Å². The number of nitrogens with zero attached hydrogens (tertiary/aromatic N) is 3. The van der Waals surface area contributed by atoms with Gasteiger partial charge in [0.05, 0.1) is 6.61 Å². The third kappa shape index (κ3) is 5.96. The summed E-state index contributed by atoms with van der Waals surface area (Å²) in [5.41, 5.74) is 2.83. The third-order valence-electron chi connectivity index (χ3n) is 6.51. The van der Waals surface area contributed by atoms with Crippen molar-refractivity contribution in [2.75, 3.05) is 57.3 Å². The van der Waals surface area contributed by atoms with Crippen molar-refractivity contribution >= 4 is 23.2 Å². The molecular weight excluding hydrogens is 422 g/mol. The second kappa shape index (κ2) is 11.1. The van der Waals surface area contributed by atoms with Crippen LogP contribution in [-0.4, -0.2) is 68.1 Å². The molecule has 0 spiro atoms. The van der Waals surface area contributed by atoms with E-state index >= 15 is 0 Å². The van der Waals surface area contributed by atoms with Gasteiger partial charge in [0.1, 0.15) is 5.75 Å². The number of ether oxygens (including phenoxy) is 1. The molecule has 0 saturated carbocycles. The fourth-order valence-electron chi connectivity index (χ4n) is 4.54. The molecule has 6 heteroatoms. The molecule has 5 nitrogen and oxygen atoms in total. The summed E-state index contributed by atoms with van der Waals surface area (Å²) in [5, 5.41) is 0.695. The molecule has 2 aliphatic rings. The van der Waals surface area contributed by atoms with Crippen LogP contribution in [0.5, 0.6) is 5.75 Å². The molecular formula is C26H34ClN3O2. The summed E-state index contributed by atoms with van der Waals surface area (Å²) >= 11 is 6.09. The van der Waals surface area contributed by atoms with Gasteiger partial charge in [-0.05, 0) is 87.3 Å². The summed E-state index contributed by atoms with van der Waals surface area (Å²) in [5.74, 6) is 1.01. The fourth-order valence-corrected chi connectivity index (χ4v) is 4.66. The summed E-state index contributed by atoms with van der Waals surface area (Å²) in [6, 6.07) is 13.9. The van der Waals surface area contributed by atoms with E-state index in [1.54, 1.807) is 6.07 Å². The van der Waals surface area contributed by atoms with E-state index in [1.807, 2.05) is 24.0 Å². The smallest absolute Gasteiger partial charge is 0.253 e. The molecule has 2 aromatic rings. The minimum atomic E-state index is 0.0812. The van der Waals surface area contributed by atoms with Crippen LogP contribution in [0.1, 0.15) is 41.6 Å². The van der Waals surface area contributed by atoms with Gasteiger partial charge in [0, 0.05) is 49.0 Å². The minimum absolute atomic E-state index is 0.0812. The number of halogens is 1. The average molecular weight is 456 g/mol. The first-order valence-corrected chi connectivity index (χ1v) is 12.2. The maximum atomic E-state index is 12.8. The number of aryl methyl sites for hydroxylation is 1. The first kappa shape index (κ1) is 22.9. The number of piperazine rings is 1. The Kier molecular flexibility index (Phi) is 7.93. The van der Waals surface area contributed by atoms with Crippen molar-refractivity contribution in [3.63, 3.8) is 0 Å². The summed E-state index contributed by atoms with van der Waals surface area (Å²) < 4.78 is 5.95. The highest BCUT2D eigenvalue weighted by molar-refractivity contribution is 6.31. The van der Waals surface area contributed by atoms with Crippen molar-refractivity contribution in [1.29, 1.82) is 0 Å². The predicted octanol–water partition coefficient (Wildman–Crippen LogP) is 4.87. The van der Waals surface area contributed by atoms with Gasteiger partial charge in [-0.15, -0.1) is 0 Å². The highest BCUT2D eigenvalue weighted by Crippen LogP contribution is 2.22. The molecule has 172 valence electrons. The van der Waals surface area contributed by atoms with Gasteiger partial charge < -0.3 is 19.4 Å². The van der Waals surface area contributed by atoms with Crippen LogP contribution in [0.3, 0.4) is 0 Å². The van der Waals surface area contributed by atoms with Gasteiger partial charge in [0.15, 0.2) is 0 Å². The number of likely N-dealkylation sites (tertiary alicyclic amines) is 1. The zero-order chi connectivity index (χ0) is 22.3. The van der Waals surface area contributed by atoms with Crippen LogP contribution >= 0.6 is 11.6 Å². The summed E-state index contributed by atoms with van der Waals surface area (Å²) in [7, 11) is 0. The molecule has 0 aliphatic carbocycles. The lowest BCUT2D eigenvalue weighted by molar-refractivity contribution is 0.0746. The molecule has 1 amide bonds. The number of carbonyl (C=O) groups excluding carboxylic acids is 1. The monoisotopic (exact) mass is 455 g/mol. The summed E-state index contributed by atoms with van der Waals surface area (Å²) in [4.78, 5) is 19.6. The second-order valence-corrected chi connectivity index (χ2v) is 9.25. The Morgan fingerprint density at radius 2 is 1.66 bits per heavy atom. The van der Waals surface area contributed by atoms with E-state index in [0.29, 0.717) is 10.6 Å². The van der Waals surface area contributed by atoms with Gasteiger partial charge >= 0.3 is 0 Å². The molecule has 2 heterocycles. The van der Waals surface area contributed by atoms with Gasteiger partial charge in [-0.25, -0.2) is 0 Å². The largest absolute Gasteiger partial charge is 0.494 e. The van der Waals surface area contributed by atoms with Gasteiger partial charge in [-0.1, -0.05) is 18.0 Å². The molecule has 0 radical (unpaired) electrons. The van der Waals surface area contributed by atoms with Crippen molar-refractivity contribution in [3.8, 4) is 5.75 Å². The number of rotatable bonds is 7. The third-order valence-corrected chi connectivity index (χ3v) is 6.93. The molecule has 2 aromatic carbocycles. The Morgan fingerprint density at radius 1 is 0.938 bits per heavy atom. The van der Waals surface area contributed by atoms with Crippen LogP contribution in [0.2, 0.25) is 5.02 Å². The lowest BCUT2D eigenvalue weighted by Gasteiger charge is -2.36. The van der Waals surface area contributed by atoms with E-state index in [1.165, 1.54) is 38.0 Å². The van der Waals surface area contributed by atoms with E-state index in [9.17, 15) is 4.79 Å². The number of carbonyl (C=O) groups is 1. The number of amides is 1. The number of hydrogen-bond donors (Lipinski definition) is 0. The minimum Gasteiger partial charge on any atom is -0.494 e. The van der Waals surface area contributed by atoms with Crippen LogP contribution in [0.4, 0.5) is 5.69 Å². The van der Waals surface area contributed by atoms with Crippen molar-refractivity contribution in [2.24, 2.45) is 0 Å². The molecule has 2 aliphatic heterocycles. The Labute approximate surface area is 196 Å². The van der Waals surface area contributed by atoms with Gasteiger partial charge in [0.2, 0.25) is 0 Å². The Bertz CT molecular complexity index is 888. The Balaban J connectivity index is 1.21. The predicted molar refractivity (Wildman–Crippen MR) is 131 cm³/mol. The van der Waals surface area contributed by atoms with Crippen molar-refractivity contribution in [1.82, 2.24) is 9.80 Å². The first-order chi connectivity index (χ1) is 15.6. The number of anilines is 1. The van der Waals surface area contributed by atoms with Crippen molar-refractivity contribution in [3.05, 3.63) is 58.6 Å². The molecule has 4 rings (SSSR count). The van der Waals surface area contributed by atoms with E-state index < -0.39 is 0 Å². The number of piperidine rings is 1. The van der Waals surface area contributed by atoms with E-state index in [4.69, 9.17) is 16.3 Å². The van der Waals surface area contributed by atoms with Gasteiger partial charge in [-0.2, -0.15) is 0 Å². The van der Waals surface area contributed by atoms with Crippen molar-refractivity contribution < 1.29 is 9.53 Å².